The van der Waals surface area contributed by atoms with E-state index in [0.29, 0.717) is 35.7 Å². The van der Waals surface area contributed by atoms with Crippen molar-refractivity contribution in [3.63, 3.8) is 0 Å². The lowest BCUT2D eigenvalue weighted by Gasteiger charge is -2.33. The molecule has 2 fully saturated rings. The number of nitrogens with zero attached hydrogens (tertiary/aromatic N) is 4. The first-order valence-electron chi connectivity index (χ1n) is 10.2. The van der Waals surface area contributed by atoms with Crippen LogP contribution in [0.25, 0.3) is 11.4 Å². The fourth-order valence-corrected chi connectivity index (χ4v) is 4.20. The van der Waals surface area contributed by atoms with Gasteiger partial charge in [-0.2, -0.15) is 4.98 Å². The summed E-state index contributed by atoms with van der Waals surface area (Å²) in [7, 11) is 3.20. The Bertz CT molecular complexity index is 847. The van der Waals surface area contributed by atoms with E-state index in [2.05, 4.69) is 15.0 Å². The maximum absolute atomic E-state index is 12.7. The summed E-state index contributed by atoms with van der Waals surface area (Å²) in [5.74, 6) is 2.74. The van der Waals surface area contributed by atoms with Gasteiger partial charge < -0.3 is 18.9 Å². The third-order valence-corrected chi connectivity index (χ3v) is 5.74. The summed E-state index contributed by atoms with van der Waals surface area (Å²) < 4.78 is 16.1. The average molecular weight is 400 g/mol. The van der Waals surface area contributed by atoms with Crippen molar-refractivity contribution < 1.29 is 18.8 Å². The van der Waals surface area contributed by atoms with Crippen LogP contribution in [-0.4, -0.2) is 66.2 Å². The molecule has 4 rings (SSSR count). The maximum atomic E-state index is 12.7. The number of rotatable bonds is 6. The molecular formula is C21H28N4O4. The molecule has 0 saturated carbocycles. The number of hydrogen-bond donors (Lipinski definition) is 0. The Morgan fingerprint density at radius 1 is 1.14 bits per heavy atom. The SMILES string of the molecule is COc1ccc(-c2noc(CN3CCCC(C(=O)N4CCCC4)C3)n2)cc1OC. The predicted molar refractivity (Wildman–Crippen MR) is 107 cm³/mol. The van der Waals surface area contributed by atoms with E-state index < -0.39 is 0 Å². The summed E-state index contributed by atoms with van der Waals surface area (Å²) in [6.45, 7) is 4.08. The molecule has 0 spiro atoms. The number of carbonyl (C=O) groups is 1. The molecule has 0 aliphatic carbocycles. The van der Waals surface area contributed by atoms with Crippen LogP contribution in [0, 0.1) is 5.92 Å². The lowest BCUT2D eigenvalue weighted by molar-refractivity contribution is -0.136. The summed E-state index contributed by atoms with van der Waals surface area (Å²) in [6.07, 6.45) is 4.24. The lowest BCUT2D eigenvalue weighted by Crippen LogP contribution is -2.43. The zero-order valence-electron chi connectivity index (χ0n) is 17.1. The summed E-state index contributed by atoms with van der Waals surface area (Å²) in [5, 5.41) is 4.12. The molecule has 0 bridgehead atoms. The molecule has 156 valence electrons. The van der Waals surface area contributed by atoms with Crippen molar-refractivity contribution in [1.82, 2.24) is 19.9 Å². The van der Waals surface area contributed by atoms with E-state index in [-0.39, 0.29) is 5.92 Å². The zero-order valence-corrected chi connectivity index (χ0v) is 17.1. The van der Waals surface area contributed by atoms with Gasteiger partial charge >= 0.3 is 0 Å². The molecule has 8 heteroatoms. The molecule has 0 radical (unpaired) electrons. The first-order chi connectivity index (χ1) is 14.2. The van der Waals surface area contributed by atoms with Gasteiger partial charge in [-0.05, 0) is 50.4 Å². The van der Waals surface area contributed by atoms with Crippen LogP contribution in [0.15, 0.2) is 22.7 Å². The summed E-state index contributed by atoms with van der Waals surface area (Å²) in [6, 6.07) is 5.53. The Morgan fingerprint density at radius 2 is 1.93 bits per heavy atom. The minimum atomic E-state index is 0.0788. The Labute approximate surface area is 170 Å². The third-order valence-electron chi connectivity index (χ3n) is 5.74. The molecule has 8 nitrogen and oxygen atoms in total. The van der Waals surface area contributed by atoms with E-state index in [9.17, 15) is 4.79 Å². The van der Waals surface area contributed by atoms with Gasteiger partial charge in [-0.15, -0.1) is 0 Å². The molecule has 1 aromatic carbocycles. The van der Waals surface area contributed by atoms with Crippen LogP contribution >= 0.6 is 0 Å². The van der Waals surface area contributed by atoms with Crippen LogP contribution in [0.1, 0.15) is 31.6 Å². The molecule has 1 unspecified atom stereocenters. The molecular weight excluding hydrogens is 372 g/mol. The molecule has 29 heavy (non-hydrogen) atoms. The van der Waals surface area contributed by atoms with Gasteiger partial charge in [-0.1, -0.05) is 5.16 Å². The van der Waals surface area contributed by atoms with Crippen LogP contribution in [0.5, 0.6) is 11.5 Å². The minimum absolute atomic E-state index is 0.0788. The van der Waals surface area contributed by atoms with Crippen LogP contribution in [0.2, 0.25) is 0 Å². The Hall–Kier alpha value is -2.61. The standard InChI is InChI=1S/C21H28N4O4/c1-27-17-8-7-15(12-18(17)28-2)20-22-19(29-23-20)14-24-9-5-6-16(13-24)21(26)25-10-3-4-11-25/h7-8,12,16H,3-6,9-11,13-14H2,1-2H3. The molecule has 1 aromatic heterocycles. The number of aromatic nitrogens is 2. The largest absolute Gasteiger partial charge is 0.493 e. The minimum Gasteiger partial charge on any atom is -0.493 e. The van der Waals surface area contributed by atoms with Crippen LogP contribution in [0.3, 0.4) is 0 Å². The molecule has 2 saturated heterocycles. The number of likely N-dealkylation sites (tertiary alicyclic amines) is 2. The van der Waals surface area contributed by atoms with Crippen LogP contribution in [0.4, 0.5) is 0 Å². The van der Waals surface area contributed by atoms with Crippen molar-refractivity contribution in [2.75, 3.05) is 40.4 Å². The van der Waals surface area contributed by atoms with Crippen molar-refractivity contribution >= 4 is 5.91 Å². The van der Waals surface area contributed by atoms with Crippen molar-refractivity contribution in [2.45, 2.75) is 32.2 Å². The smallest absolute Gasteiger partial charge is 0.241 e. The van der Waals surface area contributed by atoms with Gasteiger partial charge in [0.15, 0.2) is 11.5 Å². The Kier molecular flexibility index (Phi) is 5.99. The fraction of sp³-hybridized carbons (Fsp3) is 0.571. The number of piperidine rings is 1. The van der Waals surface area contributed by atoms with Gasteiger partial charge in [-0.3, -0.25) is 9.69 Å². The molecule has 3 heterocycles. The summed E-state index contributed by atoms with van der Waals surface area (Å²) in [5.41, 5.74) is 0.804. The highest BCUT2D eigenvalue weighted by atomic mass is 16.5. The Morgan fingerprint density at radius 3 is 2.69 bits per heavy atom. The maximum Gasteiger partial charge on any atom is 0.241 e. The van der Waals surface area contributed by atoms with E-state index in [0.717, 1.165) is 57.4 Å². The number of carbonyl (C=O) groups excluding carboxylic acids is 1. The molecule has 1 atom stereocenters. The molecule has 2 aliphatic heterocycles. The number of benzene rings is 1. The average Bonchev–Trinajstić information content (AvgIpc) is 3.45. The highest BCUT2D eigenvalue weighted by molar-refractivity contribution is 5.79. The van der Waals surface area contributed by atoms with E-state index >= 15 is 0 Å². The number of methoxy groups -OCH3 is 2. The van der Waals surface area contributed by atoms with Gasteiger partial charge in [0.2, 0.25) is 17.6 Å². The summed E-state index contributed by atoms with van der Waals surface area (Å²) in [4.78, 5) is 21.5. The van der Waals surface area contributed by atoms with Crippen molar-refractivity contribution in [3.05, 3.63) is 24.1 Å². The first-order valence-corrected chi connectivity index (χ1v) is 10.2. The normalized spacial score (nSPS) is 20.1. The van der Waals surface area contributed by atoms with Crippen molar-refractivity contribution in [3.8, 4) is 22.9 Å². The van der Waals surface area contributed by atoms with Gasteiger partial charge in [0.25, 0.3) is 0 Å². The van der Waals surface area contributed by atoms with Gasteiger partial charge in [-0.25, -0.2) is 0 Å². The second-order valence-electron chi connectivity index (χ2n) is 7.69. The van der Waals surface area contributed by atoms with Crippen LogP contribution in [-0.2, 0) is 11.3 Å². The predicted octanol–water partition coefficient (Wildman–Crippen LogP) is 2.59. The second-order valence-corrected chi connectivity index (χ2v) is 7.69. The van der Waals surface area contributed by atoms with Crippen molar-refractivity contribution in [2.24, 2.45) is 5.92 Å². The molecule has 2 aromatic rings. The van der Waals surface area contributed by atoms with E-state index in [1.54, 1.807) is 14.2 Å². The lowest BCUT2D eigenvalue weighted by atomic mass is 9.96. The van der Waals surface area contributed by atoms with Crippen LogP contribution < -0.4 is 9.47 Å². The third kappa shape index (κ3) is 4.37. The molecule has 2 aliphatic rings. The van der Waals surface area contributed by atoms with Gasteiger partial charge in [0, 0.05) is 25.2 Å². The topological polar surface area (TPSA) is 80.9 Å². The number of hydrogen-bond acceptors (Lipinski definition) is 7. The van der Waals surface area contributed by atoms with Gasteiger partial charge in [0.1, 0.15) is 0 Å². The van der Waals surface area contributed by atoms with E-state index in [1.807, 2.05) is 23.1 Å². The van der Waals surface area contributed by atoms with E-state index in [1.165, 1.54) is 0 Å². The quantitative estimate of drug-likeness (QED) is 0.737. The highest BCUT2D eigenvalue weighted by Crippen LogP contribution is 2.31. The highest BCUT2D eigenvalue weighted by Gasteiger charge is 2.31. The summed E-state index contributed by atoms with van der Waals surface area (Å²) >= 11 is 0. The fourth-order valence-electron chi connectivity index (χ4n) is 4.20. The zero-order chi connectivity index (χ0) is 20.2. The van der Waals surface area contributed by atoms with E-state index in [4.69, 9.17) is 14.0 Å². The number of ether oxygens (including phenoxy) is 2. The van der Waals surface area contributed by atoms with Crippen molar-refractivity contribution in [1.29, 1.82) is 0 Å². The Balaban J connectivity index is 1.40. The first kappa shape index (κ1) is 19.7. The number of amides is 1. The van der Waals surface area contributed by atoms with Gasteiger partial charge in [0.05, 0.1) is 26.7 Å². The molecule has 0 N–H and O–H groups in total. The second kappa shape index (κ2) is 8.82. The monoisotopic (exact) mass is 400 g/mol. The molecule has 1 amide bonds.